The van der Waals surface area contributed by atoms with Crippen LogP contribution < -0.4 is 10.1 Å². The van der Waals surface area contributed by atoms with Crippen LogP contribution in [0.4, 0.5) is 4.79 Å². The number of carbonyl (C=O) groups excluding carboxylic acids is 2. The van der Waals surface area contributed by atoms with E-state index in [0.717, 1.165) is 17.0 Å². The number of likely N-dealkylation sites (N-methyl/N-ethyl adjacent to an activating group) is 1. The van der Waals surface area contributed by atoms with E-state index in [1.165, 1.54) is 4.90 Å². The van der Waals surface area contributed by atoms with Crippen molar-refractivity contribution in [3.05, 3.63) is 59.9 Å². The lowest BCUT2D eigenvalue weighted by Gasteiger charge is -2.20. The third kappa shape index (κ3) is 6.62. The van der Waals surface area contributed by atoms with E-state index in [0.29, 0.717) is 19.5 Å². The zero-order valence-electron chi connectivity index (χ0n) is 16.0. The van der Waals surface area contributed by atoms with Crippen molar-refractivity contribution in [2.24, 2.45) is 0 Å². The van der Waals surface area contributed by atoms with E-state index in [-0.39, 0.29) is 18.5 Å². The van der Waals surface area contributed by atoms with Crippen molar-refractivity contribution in [2.45, 2.75) is 13.0 Å². The van der Waals surface area contributed by atoms with Gasteiger partial charge in [-0.25, -0.2) is 4.79 Å². The van der Waals surface area contributed by atoms with E-state index in [1.807, 2.05) is 42.5 Å². The first-order chi connectivity index (χ1) is 13.0. The molecule has 3 amide bonds. The first kappa shape index (κ1) is 20.2. The van der Waals surface area contributed by atoms with Crippen molar-refractivity contribution in [3.63, 3.8) is 0 Å². The van der Waals surface area contributed by atoms with Gasteiger partial charge in [0.25, 0.3) is 0 Å². The maximum atomic E-state index is 12.2. The fourth-order valence-electron chi connectivity index (χ4n) is 2.49. The number of aromatic nitrogens is 1. The minimum absolute atomic E-state index is 0.0417. The Hall–Kier alpha value is -3.09. The highest BCUT2D eigenvalue weighted by atomic mass is 16.5. The summed E-state index contributed by atoms with van der Waals surface area (Å²) in [5.74, 6) is 0.597. The van der Waals surface area contributed by atoms with Crippen LogP contribution in [-0.4, -0.2) is 61.0 Å². The van der Waals surface area contributed by atoms with Gasteiger partial charge < -0.3 is 19.9 Å². The second-order valence-electron chi connectivity index (χ2n) is 6.25. The van der Waals surface area contributed by atoms with Crippen LogP contribution in [0, 0.1) is 0 Å². The largest absolute Gasteiger partial charge is 0.497 e. The standard InChI is InChI=1S/C20H26N4O3/c1-23(12-10-17-8-4-5-11-21-17)19(25)14-22-20(26)24(2)15-16-7-6-9-18(13-16)27-3/h4-9,11,13H,10,12,14-15H2,1-3H3,(H,22,26). The Balaban J connectivity index is 1.75. The summed E-state index contributed by atoms with van der Waals surface area (Å²) in [7, 11) is 5.01. The number of nitrogens with zero attached hydrogens (tertiary/aromatic N) is 3. The summed E-state index contributed by atoms with van der Waals surface area (Å²) in [5.41, 5.74) is 1.88. The molecule has 0 saturated heterocycles. The minimum Gasteiger partial charge on any atom is -0.497 e. The SMILES string of the molecule is COc1cccc(CN(C)C(=O)NCC(=O)N(C)CCc2ccccn2)c1. The van der Waals surface area contributed by atoms with Gasteiger partial charge in [-0.05, 0) is 29.8 Å². The molecule has 7 heteroatoms. The van der Waals surface area contributed by atoms with Crippen molar-refractivity contribution in [1.29, 1.82) is 0 Å². The molecular weight excluding hydrogens is 344 g/mol. The van der Waals surface area contributed by atoms with Gasteiger partial charge >= 0.3 is 6.03 Å². The third-order valence-electron chi connectivity index (χ3n) is 4.15. The van der Waals surface area contributed by atoms with Gasteiger partial charge in [0.15, 0.2) is 0 Å². The van der Waals surface area contributed by atoms with Gasteiger partial charge in [0.1, 0.15) is 5.75 Å². The van der Waals surface area contributed by atoms with Crippen LogP contribution >= 0.6 is 0 Å². The number of rotatable bonds is 8. The van der Waals surface area contributed by atoms with Crippen molar-refractivity contribution in [2.75, 3.05) is 34.3 Å². The second kappa shape index (κ2) is 10.2. The summed E-state index contributed by atoms with van der Waals surface area (Å²) in [4.78, 5) is 31.8. The first-order valence-corrected chi connectivity index (χ1v) is 8.75. The van der Waals surface area contributed by atoms with E-state index in [2.05, 4.69) is 10.3 Å². The molecule has 1 N–H and O–H groups in total. The maximum absolute atomic E-state index is 12.2. The van der Waals surface area contributed by atoms with Crippen molar-refractivity contribution < 1.29 is 14.3 Å². The predicted molar refractivity (Wildman–Crippen MR) is 103 cm³/mol. The molecule has 0 aliphatic rings. The van der Waals surface area contributed by atoms with Crippen molar-refractivity contribution in [1.82, 2.24) is 20.1 Å². The van der Waals surface area contributed by atoms with Crippen LogP contribution in [0.2, 0.25) is 0 Å². The summed E-state index contributed by atoms with van der Waals surface area (Å²) in [6.45, 7) is 0.929. The minimum atomic E-state index is -0.302. The number of carbonyl (C=O) groups is 2. The molecule has 1 aromatic heterocycles. The number of hydrogen-bond donors (Lipinski definition) is 1. The molecule has 0 bridgehead atoms. The van der Waals surface area contributed by atoms with Gasteiger partial charge in [-0.3, -0.25) is 9.78 Å². The lowest BCUT2D eigenvalue weighted by atomic mass is 10.2. The average molecular weight is 370 g/mol. The van der Waals surface area contributed by atoms with E-state index in [1.54, 1.807) is 32.3 Å². The first-order valence-electron chi connectivity index (χ1n) is 8.75. The Morgan fingerprint density at radius 1 is 1.11 bits per heavy atom. The predicted octanol–water partition coefficient (Wildman–Crippen LogP) is 1.93. The van der Waals surface area contributed by atoms with Crippen molar-refractivity contribution >= 4 is 11.9 Å². The normalized spacial score (nSPS) is 10.2. The molecule has 0 unspecified atom stereocenters. The van der Waals surface area contributed by atoms with Crippen LogP contribution in [0.3, 0.4) is 0 Å². The molecule has 144 valence electrons. The monoisotopic (exact) mass is 370 g/mol. The highest BCUT2D eigenvalue weighted by molar-refractivity contribution is 5.83. The highest BCUT2D eigenvalue weighted by Gasteiger charge is 2.13. The Morgan fingerprint density at radius 3 is 2.63 bits per heavy atom. The van der Waals surface area contributed by atoms with Crippen LogP contribution in [0.1, 0.15) is 11.3 Å². The van der Waals surface area contributed by atoms with Crippen LogP contribution in [0.25, 0.3) is 0 Å². The zero-order valence-corrected chi connectivity index (χ0v) is 16.0. The Kier molecular flexibility index (Phi) is 7.61. The van der Waals surface area contributed by atoms with Gasteiger partial charge in [-0.15, -0.1) is 0 Å². The lowest BCUT2D eigenvalue weighted by molar-refractivity contribution is -0.128. The molecule has 27 heavy (non-hydrogen) atoms. The molecule has 0 aliphatic heterocycles. The van der Waals surface area contributed by atoms with Gasteiger partial charge in [-0.2, -0.15) is 0 Å². The molecule has 1 heterocycles. The number of benzene rings is 1. The molecule has 7 nitrogen and oxygen atoms in total. The zero-order chi connectivity index (χ0) is 19.6. The molecule has 0 spiro atoms. The number of urea groups is 1. The fourth-order valence-corrected chi connectivity index (χ4v) is 2.49. The molecular formula is C20H26N4O3. The molecule has 0 aliphatic carbocycles. The highest BCUT2D eigenvalue weighted by Crippen LogP contribution is 2.13. The number of methoxy groups -OCH3 is 1. The van der Waals surface area contributed by atoms with E-state index in [4.69, 9.17) is 4.74 Å². The topological polar surface area (TPSA) is 74.8 Å². The van der Waals surface area contributed by atoms with Crippen molar-refractivity contribution in [3.8, 4) is 5.75 Å². The molecule has 2 rings (SSSR count). The Labute approximate surface area is 159 Å². The molecule has 1 aromatic carbocycles. The maximum Gasteiger partial charge on any atom is 0.317 e. The molecule has 2 aromatic rings. The number of pyridine rings is 1. The van der Waals surface area contributed by atoms with Crippen LogP contribution in [0.5, 0.6) is 5.75 Å². The molecule has 0 fully saturated rings. The summed E-state index contributed by atoms with van der Waals surface area (Å²) < 4.78 is 5.18. The van der Waals surface area contributed by atoms with Gasteiger partial charge in [0, 0.05) is 45.5 Å². The second-order valence-corrected chi connectivity index (χ2v) is 6.25. The van der Waals surface area contributed by atoms with E-state index < -0.39 is 0 Å². The quantitative estimate of drug-likeness (QED) is 0.771. The number of nitrogens with one attached hydrogen (secondary N) is 1. The smallest absolute Gasteiger partial charge is 0.317 e. The number of amides is 3. The summed E-state index contributed by atoms with van der Waals surface area (Å²) in [6.07, 6.45) is 2.41. The lowest BCUT2D eigenvalue weighted by Crippen LogP contribution is -2.43. The summed E-state index contributed by atoms with van der Waals surface area (Å²) >= 11 is 0. The average Bonchev–Trinajstić information content (AvgIpc) is 2.70. The number of hydrogen-bond acceptors (Lipinski definition) is 4. The van der Waals surface area contributed by atoms with Gasteiger partial charge in [-0.1, -0.05) is 18.2 Å². The molecule has 0 radical (unpaired) electrons. The van der Waals surface area contributed by atoms with E-state index >= 15 is 0 Å². The van der Waals surface area contributed by atoms with Gasteiger partial charge in [0.2, 0.25) is 5.91 Å². The van der Waals surface area contributed by atoms with E-state index in [9.17, 15) is 9.59 Å². The summed E-state index contributed by atoms with van der Waals surface area (Å²) in [5, 5.41) is 2.66. The molecule has 0 atom stereocenters. The Bertz CT molecular complexity index is 752. The Morgan fingerprint density at radius 2 is 1.93 bits per heavy atom. The van der Waals surface area contributed by atoms with Gasteiger partial charge in [0.05, 0.1) is 13.7 Å². The summed E-state index contributed by atoms with van der Waals surface area (Å²) in [6, 6.07) is 12.9. The van der Waals surface area contributed by atoms with Crippen LogP contribution in [-0.2, 0) is 17.8 Å². The van der Waals surface area contributed by atoms with Crippen LogP contribution in [0.15, 0.2) is 48.7 Å². The molecule has 0 saturated carbocycles. The third-order valence-corrected chi connectivity index (χ3v) is 4.15. The fraction of sp³-hybridized carbons (Fsp3) is 0.350. The number of ether oxygens (including phenoxy) is 1.